The Morgan fingerprint density at radius 1 is 0.434 bits per heavy atom. The lowest BCUT2D eigenvalue weighted by molar-refractivity contribution is -0.142. The maximum Gasteiger partial charge on any atom is 0.326 e. The molecule has 26 N–H and O–H groups in total. The second-order valence-corrected chi connectivity index (χ2v) is 19.3. The zero-order valence-electron chi connectivity index (χ0n) is 44.9. The fraction of sp³-hybridized carbons (Fsp3) is 0.766. The average molecular weight is 1090 g/mol. The fourth-order valence-corrected chi connectivity index (χ4v) is 7.48. The number of nitrogens with one attached hydrogen (secondary N) is 8. The molecule has 0 aliphatic heterocycles. The number of aliphatic carboxylic acids is 1. The Morgan fingerprint density at radius 3 is 1.11 bits per heavy atom. The van der Waals surface area contributed by atoms with Crippen molar-refractivity contribution in [3.8, 4) is 0 Å². The molecule has 0 aromatic heterocycles. The first-order valence-corrected chi connectivity index (χ1v) is 26.1. The van der Waals surface area contributed by atoms with Gasteiger partial charge in [-0.15, -0.1) is 0 Å². The smallest absolute Gasteiger partial charge is 0.326 e. The van der Waals surface area contributed by atoms with Crippen LogP contribution in [0.1, 0.15) is 124 Å². The molecule has 0 aromatic rings. The van der Waals surface area contributed by atoms with Gasteiger partial charge in [0.1, 0.15) is 48.3 Å². The van der Waals surface area contributed by atoms with Crippen molar-refractivity contribution < 1.29 is 53.4 Å². The van der Waals surface area contributed by atoms with Gasteiger partial charge in [0.2, 0.25) is 47.3 Å². The van der Waals surface area contributed by atoms with E-state index < -0.39 is 115 Å². The number of hydrogen-bond donors (Lipinski definition) is 18. The molecule has 0 rings (SSSR count). The lowest BCUT2D eigenvalue weighted by Crippen LogP contribution is -2.60. The summed E-state index contributed by atoms with van der Waals surface area (Å²) in [6, 6.07) is -10.1. The van der Waals surface area contributed by atoms with Crippen LogP contribution in [0.4, 0.5) is 0 Å². The Morgan fingerprint density at radius 2 is 0.750 bits per heavy atom. The molecule has 0 saturated carbocycles. The van der Waals surface area contributed by atoms with E-state index in [1.165, 1.54) is 0 Å². The van der Waals surface area contributed by atoms with Crippen molar-refractivity contribution in [1.29, 1.82) is 0 Å². The van der Waals surface area contributed by atoms with Gasteiger partial charge in [-0.2, -0.15) is 0 Å². The van der Waals surface area contributed by atoms with Crippen LogP contribution < -0.4 is 88.4 Å². The van der Waals surface area contributed by atoms with Gasteiger partial charge in [0.25, 0.3) is 0 Å². The van der Waals surface area contributed by atoms with Crippen LogP contribution in [-0.4, -0.2) is 170 Å². The van der Waals surface area contributed by atoms with Crippen molar-refractivity contribution in [2.75, 3.05) is 45.9 Å². The molecule has 0 saturated heterocycles. The second kappa shape index (κ2) is 39.9. The summed E-state index contributed by atoms with van der Waals surface area (Å²) in [5, 5.41) is 39.9. The number of amides is 8. The van der Waals surface area contributed by atoms with Gasteiger partial charge >= 0.3 is 5.97 Å². The van der Waals surface area contributed by atoms with Gasteiger partial charge in [-0.1, -0.05) is 27.7 Å². The van der Waals surface area contributed by atoms with Crippen LogP contribution in [0.15, 0.2) is 9.98 Å². The third-order valence-corrected chi connectivity index (χ3v) is 11.5. The molecule has 0 heterocycles. The molecule has 436 valence electrons. The summed E-state index contributed by atoms with van der Waals surface area (Å²) in [6.45, 7) is 6.84. The number of unbranched alkanes of at least 4 members (excludes halogenated alkanes) is 3. The highest BCUT2D eigenvalue weighted by Gasteiger charge is 2.34. The molecule has 0 radical (unpaired) electrons. The molecule has 0 unspecified atom stereocenters. The van der Waals surface area contributed by atoms with Crippen molar-refractivity contribution in [3.05, 3.63) is 0 Å². The molecule has 0 aromatic carbocycles. The summed E-state index contributed by atoms with van der Waals surface area (Å²) in [5.41, 5.74) is 44.7. The summed E-state index contributed by atoms with van der Waals surface area (Å²) in [6.07, 6.45) is 3.39. The molecule has 0 aliphatic carbocycles. The molecule has 0 aliphatic rings. The van der Waals surface area contributed by atoms with Gasteiger partial charge in [0.15, 0.2) is 11.9 Å². The Hall–Kier alpha value is -6.43. The van der Waals surface area contributed by atoms with Crippen LogP contribution in [0.5, 0.6) is 0 Å². The summed E-state index contributed by atoms with van der Waals surface area (Å²) in [4.78, 5) is 129. The van der Waals surface area contributed by atoms with Crippen molar-refractivity contribution in [3.63, 3.8) is 0 Å². The minimum atomic E-state index is -1.35. The predicted molar refractivity (Wildman–Crippen MR) is 287 cm³/mol. The Kier molecular flexibility index (Phi) is 36.5. The normalized spacial score (nSPS) is 14.2. The summed E-state index contributed by atoms with van der Waals surface area (Å²) in [7, 11) is 0. The first-order valence-electron chi connectivity index (χ1n) is 26.1. The first-order chi connectivity index (χ1) is 35.9. The Bertz CT molecular complexity index is 1870. The zero-order valence-corrected chi connectivity index (χ0v) is 44.9. The van der Waals surface area contributed by atoms with E-state index in [0.717, 1.165) is 0 Å². The lowest BCUT2D eigenvalue weighted by Gasteiger charge is -2.28. The van der Waals surface area contributed by atoms with Crippen molar-refractivity contribution in [1.82, 2.24) is 42.5 Å². The number of carbonyl (C=O) groups is 9. The van der Waals surface area contributed by atoms with Crippen LogP contribution in [0, 0.1) is 11.8 Å². The van der Waals surface area contributed by atoms with Gasteiger partial charge in [-0.3, -0.25) is 48.3 Å². The van der Waals surface area contributed by atoms with E-state index in [-0.39, 0.29) is 101 Å². The zero-order chi connectivity index (χ0) is 57.8. The van der Waals surface area contributed by atoms with Crippen LogP contribution >= 0.6 is 0 Å². The SMILES string of the molecule is CC(C)C[C@H](NC(=O)[C@H](CCCCN)NC(=O)CNC(=O)[C@H](CCCCN)NC(=O)[C@H](CCCN=C(N)N)NC(=O)[C@H](CC(C)C)NC(=O)[C@H](CCCN=C(N)N)NC(=O)[C@H](CCCCN)NC(=O)[C@@H](N)CO)C(=O)O. The molecule has 76 heavy (non-hydrogen) atoms. The summed E-state index contributed by atoms with van der Waals surface area (Å²) >= 11 is 0. The summed E-state index contributed by atoms with van der Waals surface area (Å²) in [5.74, 6) is -8.22. The lowest BCUT2D eigenvalue weighted by atomic mass is 10.0. The minimum Gasteiger partial charge on any atom is -0.480 e. The van der Waals surface area contributed by atoms with Gasteiger partial charge in [-0.25, -0.2) is 4.79 Å². The molecule has 0 spiro atoms. The molecular weight excluding hydrogens is 993 g/mol. The maximum atomic E-state index is 14.3. The van der Waals surface area contributed by atoms with Crippen molar-refractivity contribution in [2.24, 2.45) is 67.7 Å². The van der Waals surface area contributed by atoms with E-state index in [1.54, 1.807) is 27.7 Å². The standard InChI is InChI=1S/C47H92N18O11/c1-27(2)23-35(64-43(73)34(17-12-22-57-47(54)55)62-41(71)32(15-7-10-20-50)60-38(68)29(51)26-66)44(74)63-33(16-11-21-56-46(52)53)42(72)61-30(13-5-8-18-48)39(69)58-25-37(67)59-31(14-6-9-19-49)40(70)65-36(45(75)76)24-28(3)4/h27-36,66H,5-26,48-51H2,1-4H3,(H,58,69)(H,59,67)(H,60,68)(H,61,72)(H,62,71)(H,63,74)(H,64,73)(H,65,70)(H,75,76)(H4,52,53,56)(H4,54,55,57)/t29-,30-,31-,32-,33-,34-,35-,36-/m0/s1. The van der Waals surface area contributed by atoms with E-state index in [4.69, 9.17) is 45.9 Å². The number of guanidine groups is 2. The number of aliphatic imine (C=N–C) groups is 2. The second-order valence-electron chi connectivity index (χ2n) is 19.3. The van der Waals surface area contributed by atoms with Crippen LogP contribution in [0.3, 0.4) is 0 Å². The highest BCUT2D eigenvalue weighted by molar-refractivity contribution is 5.97. The Balaban J connectivity index is 6.73. The fourth-order valence-electron chi connectivity index (χ4n) is 7.48. The van der Waals surface area contributed by atoms with E-state index in [0.29, 0.717) is 51.6 Å². The number of rotatable bonds is 42. The first kappa shape index (κ1) is 69.6. The summed E-state index contributed by atoms with van der Waals surface area (Å²) < 4.78 is 0. The molecule has 0 fully saturated rings. The van der Waals surface area contributed by atoms with E-state index >= 15 is 0 Å². The monoisotopic (exact) mass is 1080 g/mol. The average Bonchev–Trinajstić information content (AvgIpc) is 3.35. The predicted octanol–water partition coefficient (Wildman–Crippen LogP) is -5.51. The third-order valence-electron chi connectivity index (χ3n) is 11.5. The van der Waals surface area contributed by atoms with Gasteiger partial charge in [-0.05, 0) is 128 Å². The third kappa shape index (κ3) is 31.5. The van der Waals surface area contributed by atoms with Crippen LogP contribution in [0.25, 0.3) is 0 Å². The quantitative estimate of drug-likeness (QED) is 0.0154. The number of carbonyl (C=O) groups excluding carboxylic acids is 8. The highest BCUT2D eigenvalue weighted by atomic mass is 16.4. The van der Waals surface area contributed by atoms with E-state index in [1.807, 2.05) is 0 Å². The molecular formula is C47H92N18O11. The maximum absolute atomic E-state index is 14.3. The van der Waals surface area contributed by atoms with Crippen molar-refractivity contribution in [2.45, 2.75) is 172 Å². The van der Waals surface area contributed by atoms with Crippen molar-refractivity contribution >= 4 is 65.1 Å². The number of nitrogens with zero attached hydrogens (tertiary/aromatic N) is 2. The molecule has 29 heteroatoms. The van der Waals surface area contributed by atoms with E-state index in [9.17, 15) is 53.4 Å². The number of hydrogen-bond acceptors (Lipinski definition) is 16. The number of carboxylic acids is 1. The molecule has 8 amide bonds. The molecule has 8 atom stereocenters. The van der Waals surface area contributed by atoms with Crippen LogP contribution in [-0.2, 0) is 43.2 Å². The van der Waals surface area contributed by atoms with Crippen LogP contribution in [0.2, 0.25) is 0 Å². The van der Waals surface area contributed by atoms with Gasteiger partial charge < -0.3 is 98.6 Å². The Labute approximate surface area is 445 Å². The highest BCUT2D eigenvalue weighted by Crippen LogP contribution is 2.12. The number of carboxylic acid groups (broad SMARTS) is 1. The molecule has 29 nitrogen and oxygen atoms in total. The number of aliphatic hydroxyl groups is 1. The largest absolute Gasteiger partial charge is 0.480 e. The number of aliphatic hydroxyl groups excluding tert-OH is 1. The topological polar surface area (TPSA) is 523 Å². The number of nitrogens with two attached hydrogens (primary N) is 8. The molecule has 0 bridgehead atoms. The van der Waals surface area contributed by atoms with E-state index in [2.05, 4.69) is 52.5 Å². The van der Waals surface area contributed by atoms with Gasteiger partial charge in [0, 0.05) is 13.1 Å². The minimum absolute atomic E-state index is 0.0363. The van der Waals surface area contributed by atoms with Gasteiger partial charge in [0.05, 0.1) is 13.2 Å².